The molecule has 1 heterocycles. The van der Waals surface area contributed by atoms with Crippen molar-refractivity contribution >= 4 is 11.4 Å². The molecule has 0 saturated carbocycles. The van der Waals surface area contributed by atoms with Gasteiger partial charge in [-0.15, -0.1) is 0 Å². The van der Waals surface area contributed by atoms with Crippen LogP contribution in [0.5, 0.6) is 5.75 Å². The fourth-order valence-corrected chi connectivity index (χ4v) is 1.95. The van der Waals surface area contributed by atoms with Gasteiger partial charge >= 0.3 is 0 Å². The molecule has 4 heteroatoms. The first-order chi connectivity index (χ1) is 7.70. The molecule has 88 valence electrons. The maximum atomic E-state index is 5.79. The lowest BCUT2D eigenvalue weighted by Gasteiger charge is -2.33. The van der Waals surface area contributed by atoms with Crippen LogP contribution >= 0.6 is 0 Å². The summed E-state index contributed by atoms with van der Waals surface area (Å²) in [6.45, 7) is 4.68. The zero-order valence-electron chi connectivity index (χ0n) is 9.77. The van der Waals surface area contributed by atoms with E-state index in [-0.39, 0.29) is 6.10 Å². The van der Waals surface area contributed by atoms with Crippen LogP contribution in [0.4, 0.5) is 11.4 Å². The molecule has 0 aliphatic carbocycles. The molecule has 1 aliphatic rings. The van der Waals surface area contributed by atoms with Crippen molar-refractivity contribution in [2.75, 3.05) is 37.4 Å². The predicted octanol–water partition coefficient (Wildman–Crippen LogP) is 1.50. The summed E-state index contributed by atoms with van der Waals surface area (Å²) in [5.41, 5.74) is 7.60. The highest BCUT2D eigenvalue weighted by Gasteiger charge is 2.17. The van der Waals surface area contributed by atoms with Gasteiger partial charge in [0.15, 0.2) is 0 Å². The Bertz CT molecular complexity index is 368. The van der Waals surface area contributed by atoms with Gasteiger partial charge < -0.3 is 20.1 Å². The minimum Gasteiger partial charge on any atom is -0.495 e. The minimum absolute atomic E-state index is 0.275. The van der Waals surface area contributed by atoms with E-state index in [0.29, 0.717) is 5.69 Å². The van der Waals surface area contributed by atoms with Crippen LogP contribution < -0.4 is 15.4 Å². The van der Waals surface area contributed by atoms with Crippen molar-refractivity contribution in [2.24, 2.45) is 0 Å². The van der Waals surface area contributed by atoms with E-state index in [0.717, 1.165) is 31.1 Å². The minimum atomic E-state index is 0.275. The van der Waals surface area contributed by atoms with E-state index in [9.17, 15) is 0 Å². The third-order valence-electron chi connectivity index (χ3n) is 2.82. The molecule has 4 nitrogen and oxygen atoms in total. The van der Waals surface area contributed by atoms with Crippen LogP contribution in [0.1, 0.15) is 6.92 Å². The number of anilines is 2. The van der Waals surface area contributed by atoms with E-state index in [2.05, 4.69) is 11.8 Å². The summed E-state index contributed by atoms with van der Waals surface area (Å²) in [6.07, 6.45) is 0.275. The maximum Gasteiger partial charge on any atom is 0.143 e. The molecule has 1 aromatic rings. The lowest BCUT2D eigenvalue weighted by atomic mass is 10.2. The summed E-state index contributed by atoms with van der Waals surface area (Å²) < 4.78 is 10.7. The van der Waals surface area contributed by atoms with Gasteiger partial charge in [0.1, 0.15) is 5.75 Å². The highest BCUT2D eigenvalue weighted by molar-refractivity contribution is 5.62. The van der Waals surface area contributed by atoms with Crippen LogP contribution in [0, 0.1) is 0 Å². The Hall–Kier alpha value is -1.42. The van der Waals surface area contributed by atoms with Crippen molar-refractivity contribution in [1.82, 2.24) is 0 Å². The molecular formula is C12H18N2O2. The second-order valence-corrected chi connectivity index (χ2v) is 4.05. The molecule has 16 heavy (non-hydrogen) atoms. The summed E-state index contributed by atoms with van der Waals surface area (Å²) >= 11 is 0. The van der Waals surface area contributed by atoms with Crippen LogP contribution in [0.15, 0.2) is 18.2 Å². The SMILES string of the molecule is COc1cc(N2CCOC(C)C2)ccc1N. The predicted molar refractivity (Wildman–Crippen MR) is 65.0 cm³/mol. The third-order valence-corrected chi connectivity index (χ3v) is 2.82. The Morgan fingerprint density at radius 1 is 1.50 bits per heavy atom. The summed E-state index contributed by atoms with van der Waals surface area (Å²) in [6, 6.07) is 5.89. The second-order valence-electron chi connectivity index (χ2n) is 4.05. The van der Waals surface area contributed by atoms with Gasteiger partial charge in [-0.25, -0.2) is 0 Å². The number of nitrogens with zero attached hydrogens (tertiary/aromatic N) is 1. The number of rotatable bonds is 2. The van der Waals surface area contributed by atoms with Crippen molar-refractivity contribution in [3.8, 4) is 5.75 Å². The van der Waals surface area contributed by atoms with Crippen LogP contribution in [0.2, 0.25) is 0 Å². The lowest BCUT2D eigenvalue weighted by Crippen LogP contribution is -2.41. The van der Waals surface area contributed by atoms with Gasteiger partial charge in [0, 0.05) is 24.8 Å². The molecular weight excluding hydrogens is 204 g/mol. The molecule has 0 aromatic heterocycles. The first-order valence-corrected chi connectivity index (χ1v) is 5.51. The zero-order chi connectivity index (χ0) is 11.5. The number of methoxy groups -OCH3 is 1. The topological polar surface area (TPSA) is 47.7 Å². The summed E-state index contributed by atoms with van der Waals surface area (Å²) in [5.74, 6) is 0.733. The van der Waals surface area contributed by atoms with Gasteiger partial charge in [-0.05, 0) is 19.1 Å². The summed E-state index contributed by atoms with van der Waals surface area (Å²) in [4.78, 5) is 2.29. The number of hydrogen-bond donors (Lipinski definition) is 1. The van der Waals surface area contributed by atoms with E-state index in [1.807, 2.05) is 18.2 Å². The molecule has 0 radical (unpaired) electrons. The number of ether oxygens (including phenoxy) is 2. The fraction of sp³-hybridized carbons (Fsp3) is 0.500. The Labute approximate surface area is 95.9 Å². The van der Waals surface area contributed by atoms with Gasteiger partial charge in [-0.1, -0.05) is 0 Å². The average molecular weight is 222 g/mol. The molecule has 1 unspecified atom stereocenters. The van der Waals surface area contributed by atoms with E-state index < -0.39 is 0 Å². The van der Waals surface area contributed by atoms with Gasteiger partial charge in [-0.3, -0.25) is 0 Å². The van der Waals surface area contributed by atoms with Crippen molar-refractivity contribution in [2.45, 2.75) is 13.0 Å². The molecule has 1 aromatic carbocycles. The first kappa shape index (κ1) is 11.1. The van der Waals surface area contributed by atoms with Gasteiger partial charge in [-0.2, -0.15) is 0 Å². The Kier molecular flexibility index (Phi) is 3.19. The van der Waals surface area contributed by atoms with Gasteiger partial charge in [0.05, 0.1) is 25.5 Å². The Balaban J connectivity index is 2.19. The van der Waals surface area contributed by atoms with Crippen LogP contribution in [-0.2, 0) is 4.74 Å². The summed E-state index contributed by atoms with van der Waals surface area (Å²) in [7, 11) is 1.64. The van der Waals surface area contributed by atoms with Crippen LogP contribution in [-0.4, -0.2) is 32.9 Å². The highest BCUT2D eigenvalue weighted by atomic mass is 16.5. The Morgan fingerprint density at radius 3 is 3.00 bits per heavy atom. The lowest BCUT2D eigenvalue weighted by molar-refractivity contribution is 0.0532. The first-order valence-electron chi connectivity index (χ1n) is 5.51. The summed E-state index contributed by atoms with van der Waals surface area (Å²) in [5, 5.41) is 0. The van der Waals surface area contributed by atoms with Crippen molar-refractivity contribution in [1.29, 1.82) is 0 Å². The maximum absolute atomic E-state index is 5.79. The quantitative estimate of drug-likeness (QED) is 0.770. The molecule has 1 fully saturated rings. The van der Waals surface area contributed by atoms with Crippen molar-refractivity contribution in [3.63, 3.8) is 0 Å². The number of morpholine rings is 1. The normalized spacial score (nSPS) is 20.9. The van der Waals surface area contributed by atoms with Crippen LogP contribution in [0.25, 0.3) is 0 Å². The van der Waals surface area contributed by atoms with Gasteiger partial charge in [0.2, 0.25) is 0 Å². The van der Waals surface area contributed by atoms with E-state index >= 15 is 0 Å². The van der Waals surface area contributed by atoms with Crippen molar-refractivity contribution < 1.29 is 9.47 Å². The fourth-order valence-electron chi connectivity index (χ4n) is 1.95. The number of nitrogens with two attached hydrogens (primary N) is 1. The standard InChI is InChI=1S/C12H18N2O2/c1-9-8-14(5-6-16-9)10-3-4-11(13)12(7-10)15-2/h3-4,7,9H,5-6,8,13H2,1-2H3. The number of nitrogen functional groups attached to an aromatic ring is 1. The molecule has 2 N–H and O–H groups in total. The van der Waals surface area contributed by atoms with Crippen LogP contribution in [0.3, 0.4) is 0 Å². The largest absolute Gasteiger partial charge is 0.495 e. The number of hydrogen-bond acceptors (Lipinski definition) is 4. The monoisotopic (exact) mass is 222 g/mol. The molecule has 2 rings (SSSR count). The Morgan fingerprint density at radius 2 is 2.31 bits per heavy atom. The average Bonchev–Trinajstić information content (AvgIpc) is 2.29. The highest BCUT2D eigenvalue weighted by Crippen LogP contribution is 2.28. The molecule has 0 amide bonds. The molecule has 1 atom stereocenters. The molecule has 0 bridgehead atoms. The van der Waals surface area contributed by atoms with E-state index in [4.69, 9.17) is 15.2 Å². The molecule has 1 aliphatic heterocycles. The zero-order valence-corrected chi connectivity index (χ0v) is 9.77. The third kappa shape index (κ3) is 2.22. The number of benzene rings is 1. The van der Waals surface area contributed by atoms with Gasteiger partial charge in [0.25, 0.3) is 0 Å². The van der Waals surface area contributed by atoms with E-state index in [1.54, 1.807) is 7.11 Å². The van der Waals surface area contributed by atoms with Crippen molar-refractivity contribution in [3.05, 3.63) is 18.2 Å². The smallest absolute Gasteiger partial charge is 0.143 e. The van der Waals surface area contributed by atoms with E-state index in [1.165, 1.54) is 0 Å². The molecule has 0 spiro atoms. The molecule has 1 saturated heterocycles. The second kappa shape index (κ2) is 4.61.